The number of fused-ring (bicyclic) bond motifs is 3. The van der Waals surface area contributed by atoms with Gasteiger partial charge in [-0.3, -0.25) is 4.90 Å². The molecule has 2 fully saturated rings. The molecule has 0 aromatic heterocycles. The minimum Gasteiger partial charge on any atom is -0.497 e. The van der Waals surface area contributed by atoms with Crippen molar-refractivity contribution in [1.29, 1.82) is 0 Å². The van der Waals surface area contributed by atoms with Gasteiger partial charge in [0.05, 0.1) is 20.8 Å². The molecule has 2 atom stereocenters. The lowest BCUT2D eigenvalue weighted by Crippen LogP contribution is -2.34. The van der Waals surface area contributed by atoms with Gasteiger partial charge in [0, 0.05) is 30.6 Å². The first-order valence-electron chi connectivity index (χ1n) is 12.7. The van der Waals surface area contributed by atoms with Gasteiger partial charge in [0.15, 0.2) is 0 Å². The van der Waals surface area contributed by atoms with Crippen molar-refractivity contribution in [2.24, 2.45) is 0 Å². The van der Waals surface area contributed by atoms with Crippen molar-refractivity contribution < 1.29 is 14.2 Å². The first-order chi connectivity index (χ1) is 16.3. The molecule has 0 unspecified atom stereocenters. The van der Waals surface area contributed by atoms with Gasteiger partial charge >= 0.3 is 0 Å². The van der Waals surface area contributed by atoms with Gasteiger partial charge in [-0.2, -0.15) is 0 Å². The van der Waals surface area contributed by atoms with E-state index in [-0.39, 0.29) is 5.92 Å². The van der Waals surface area contributed by atoms with Crippen LogP contribution in [-0.2, 0) is 0 Å². The van der Waals surface area contributed by atoms with Crippen LogP contribution in [-0.4, -0.2) is 63.4 Å². The smallest absolute Gasteiger partial charge is 0.122 e. The Morgan fingerprint density at radius 2 is 1.64 bits per heavy atom. The average Bonchev–Trinajstić information content (AvgIpc) is 3.35. The van der Waals surface area contributed by atoms with Crippen molar-refractivity contribution in [3.8, 4) is 17.2 Å². The van der Waals surface area contributed by atoms with E-state index >= 15 is 0 Å². The highest BCUT2D eigenvalue weighted by molar-refractivity contribution is 5.52. The minimum atomic E-state index is 0.271. The Morgan fingerprint density at radius 1 is 0.818 bits per heavy atom. The van der Waals surface area contributed by atoms with E-state index in [0.29, 0.717) is 6.04 Å². The monoisotopic (exact) mass is 450 g/mol. The summed E-state index contributed by atoms with van der Waals surface area (Å²) in [7, 11) is 3.49. The number of hydrogen-bond acceptors (Lipinski definition) is 5. The van der Waals surface area contributed by atoms with Gasteiger partial charge in [0.25, 0.3) is 0 Å². The molecule has 2 aromatic rings. The van der Waals surface area contributed by atoms with Crippen LogP contribution in [0, 0.1) is 0 Å². The van der Waals surface area contributed by atoms with E-state index in [2.05, 4.69) is 34.1 Å². The summed E-state index contributed by atoms with van der Waals surface area (Å²) >= 11 is 0. The third-order valence-corrected chi connectivity index (χ3v) is 7.72. The third-order valence-electron chi connectivity index (χ3n) is 7.72. The molecule has 3 heterocycles. The van der Waals surface area contributed by atoms with E-state index in [1.165, 1.54) is 61.9 Å². The van der Waals surface area contributed by atoms with E-state index in [9.17, 15) is 0 Å². The maximum absolute atomic E-state index is 6.24. The molecule has 0 bridgehead atoms. The Kier molecular flexibility index (Phi) is 7.07. The quantitative estimate of drug-likeness (QED) is 0.514. The minimum absolute atomic E-state index is 0.271. The van der Waals surface area contributed by atoms with Gasteiger partial charge in [0.1, 0.15) is 17.2 Å². The third kappa shape index (κ3) is 4.85. The second kappa shape index (κ2) is 10.4. The van der Waals surface area contributed by atoms with Gasteiger partial charge in [-0.25, -0.2) is 0 Å². The van der Waals surface area contributed by atoms with Gasteiger partial charge in [-0.05, 0) is 93.2 Å². The van der Waals surface area contributed by atoms with E-state index < -0.39 is 0 Å². The normalized spacial score (nSPS) is 23.1. The van der Waals surface area contributed by atoms with Crippen molar-refractivity contribution in [3.05, 3.63) is 53.1 Å². The van der Waals surface area contributed by atoms with Crippen LogP contribution in [0.3, 0.4) is 0 Å². The molecule has 0 N–H and O–H groups in total. The Hall–Kier alpha value is -2.24. The zero-order valence-corrected chi connectivity index (χ0v) is 20.2. The molecule has 33 heavy (non-hydrogen) atoms. The lowest BCUT2D eigenvalue weighted by atomic mass is 9.81. The van der Waals surface area contributed by atoms with E-state index in [4.69, 9.17) is 14.2 Å². The summed E-state index contributed by atoms with van der Waals surface area (Å²) in [4.78, 5) is 5.23. The largest absolute Gasteiger partial charge is 0.497 e. The Labute approximate surface area is 198 Å². The summed E-state index contributed by atoms with van der Waals surface area (Å²) in [5.41, 5.74) is 4.05. The van der Waals surface area contributed by atoms with Crippen molar-refractivity contribution in [1.82, 2.24) is 9.80 Å². The number of rotatable bonds is 8. The molecule has 5 rings (SSSR count). The van der Waals surface area contributed by atoms with E-state index in [1.807, 2.05) is 12.1 Å². The molecule has 0 amide bonds. The van der Waals surface area contributed by atoms with Crippen molar-refractivity contribution in [2.45, 2.75) is 50.5 Å². The second-order valence-corrected chi connectivity index (χ2v) is 9.71. The van der Waals surface area contributed by atoms with Crippen LogP contribution in [0.4, 0.5) is 0 Å². The number of piperidine rings is 1. The number of hydrogen-bond donors (Lipinski definition) is 0. The second-order valence-electron chi connectivity index (χ2n) is 9.71. The maximum atomic E-state index is 6.24. The zero-order chi connectivity index (χ0) is 22.6. The van der Waals surface area contributed by atoms with Crippen LogP contribution >= 0.6 is 0 Å². The van der Waals surface area contributed by atoms with Gasteiger partial charge in [-0.1, -0.05) is 12.5 Å². The highest BCUT2D eigenvalue weighted by atomic mass is 16.5. The molecule has 5 heteroatoms. The molecular weight excluding hydrogens is 412 g/mol. The molecule has 3 aliphatic heterocycles. The molecule has 0 radical (unpaired) electrons. The number of nitrogens with zero attached hydrogens (tertiary/aromatic N) is 2. The molecule has 0 saturated carbocycles. The Morgan fingerprint density at radius 3 is 2.45 bits per heavy atom. The number of methoxy groups -OCH3 is 2. The SMILES string of the molecule is COc1ccc(OC)c([C@@H]2CN3CCC[C@@H]3c3cc(OCCCN4CCCCC4)ccc32)c1. The molecule has 0 aliphatic carbocycles. The van der Waals surface area contributed by atoms with Crippen molar-refractivity contribution in [2.75, 3.05) is 53.6 Å². The summed E-state index contributed by atoms with van der Waals surface area (Å²) < 4.78 is 17.5. The molecule has 2 aromatic carbocycles. The molecule has 5 nitrogen and oxygen atoms in total. The first-order valence-corrected chi connectivity index (χ1v) is 12.7. The standard InChI is InChI=1S/C28H38N2O3/c1-31-21-10-12-28(32-2)25(18-21)26-20-30-16-6-8-27(30)24-19-22(9-11-23(24)26)33-17-7-15-29-13-4-3-5-14-29/h9-12,18-19,26-27H,3-8,13-17,20H2,1-2H3/t26-,27-/m1/s1. The summed E-state index contributed by atoms with van der Waals surface area (Å²) in [6.07, 6.45) is 7.67. The van der Waals surface area contributed by atoms with E-state index in [1.54, 1.807) is 14.2 Å². The number of ether oxygens (including phenoxy) is 3. The Bertz CT molecular complexity index is 941. The summed E-state index contributed by atoms with van der Waals surface area (Å²) in [5.74, 6) is 3.09. The summed E-state index contributed by atoms with van der Waals surface area (Å²) in [6.45, 7) is 6.64. The fraction of sp³-hybridized carbons (Fsp3) is 0.571. The molecule has 2 saturated heterocycles. The summed E-state index contributed by atoms with van der Waals surface area (Å²) in [5, 5.41) is 0. The molecule has 3 aliphatic rings. The average molecular weight is 451 g/mol. The molecule has 178 valence electrons. The van der Waals surface area contributed by atoms with Crippen LogP contribution in [0.5, 0.6) is 17.2 Å². The first kappa shape index (κ1) is 22.5. The molecule has 0 spiro atoms. The topological polar surface area (TPSA) is 34.2 Å². The lowest BCUT2D eigenvalue weighted by Gasteiger charge is -2.38. The number of likely N-dealkylation sites (tertiary alicyclic amines) is 1. The Balaban J connectivity index is 1.35. The van der Waals surface area contributed by atoms with Crippen LogP contribution in [0.2, 0.25) is 0 Å². The van der Waals surface area contributed by atoms with Crippen LogP contribution in [0.1, 0.15) is 67.2 Å². The lowest BCUT2D eigenvalue weighted by molar-refractivity contribution is 0.204. The number of benzene rings is 2. The van der Waals surface area contributed by atoms with Crippen LogP contribution in [0.25, 0.3) is 0 Å². The highest BCUT2D eigenvalue weighted by Crippen LogP contribution is 2.47. The van der Waals surface area contributed by atoms with Crippen molar-refractivity contribution in [3.63, 3.8) is 0 Å². The fourth-order valence-corrected chi connectivity index (χ4v) is 6.02. The zero-order valence-electron chi connectivity index (χ0n) is 20.2. The summed E-state index contributed by atoms with van der Waals surface area (Å²) in [6, 6.07) is 13.4. The van der Waals surface area contributed by atoms with Gasteiger partial charge in [-0.15, -0.1) is 0 Å². The highest BCUT2D eigenvalue weighted by Gasteiger charge is 2.37. The predicted molar refractivity (Wildman–Crippen MR) is 132 cm³/mol. The van der Waals surface area contributed by atoms with Crippen LogP contribution in [0.15, 0.2) is 36.4 Å². The fourth-order valence-electron chi connectivity index (χ4n) is 6.02. The van der Waals surface area contributed by atoms with Gasteiger partial charge in [0.2, 0.25) is 0 Å². The van der Waals surface area contributed by atoms with Crippen molar-refractivity contribution >= 4 is 0 Å². The maximum Gasteiger partial charge on any atom is 0.122 e. The van der Waals surface area contributed by atoms with Gasteiger partial charge < -0.3 is 19.1 Å². The molecular formula is C28H38N2O3. The van der Waals surface area contributed by atoms with E-state index in [0.717, 1.165) is 49.9 Å². The van der Waals surface area contributed by atoms with Crippen LogP contribution < -0.4 is 14.2 Å². The predicted octanol–water partition coefficient (Wildman–Crippen LogP) is 5.24.